The number of amides is 1. The lowest BCUT2D eigenvalue weighted by molar-refractivity contribution is -0.384. The van der Waals surface area contributed by atoms with Crippen LogP contribution in [0.5, 0.6) is 0 Å². The first-order valence-electron chi connectivity index (χ1n) is 7.38. The second kappa shape index (κ2) is 7.89. The number of anilines is 1. The first-order chi connectivity index (χ1) is 12.5. The fourth-order valence-corrected chi connectivity index (χ4v) is 3.12. The third-order valence-corrected chi connectivity index (χ3v) is 4.58. The quantitative estimate of drug-likeness (QED) is 0.381. The first-order valence-corrected chi connectivity index (χ1v) is 8.57. The fourth-order valence-electron chi connectivity index (χ4n) is 2.07. The minimum absolute atomic E-state index is 0.00206. The van der Waals surface area contributed by atoms with Crippen LogP contribution in [-0.4, -0.2) is 28.6 Å². The molecule has 2 N–H and O–H groups in total. The third kappa shape index (κ3) is 4.32. The van der Waals surface area contributed by atoms with E-state index in [9.17, 15) is 14.9 Å². The Morgan fingerprint density at radius 1 is 1.35 bits per heavy atom. The highest BCUT2D eigenvalue weighted by molar-refractivity contribution is 7.22. The summed E-state index contributed by atoms with van der Waals surface area (Å²) in [5.41, 5.74) is 3.43. The van der Waals surface area contributed by atoms with E-state index in [0.29, 0.717) is 10.7 Å². The Bertz CT molecular complexity index is 971. The maximum absolute atomic E-state index is 11.8. The molecule has 1 aromatic heterocycles. The number of nitro benzene ring substituents is 1. The molecule has 0 bridgehead atoms. The SMILES string of the molecule is O=C(CNc1nc2ccccc2s1)N/N=C\c1ccc(Cl)c([N+](=O)[O-])c1. The van der Waals surface area contributed by atoms with E-state index in [4.69, 9.17) is 11.6 Å². The third-order valence-electron chi connectivity index (χ3n) is 3.26. The van der Waals surface area contributed by atoms with Crippen LogP contribution in [0.15, 0.2) is 47.6 Å². The second-order valence-electron chi connectivity index (χ2n) is 5.10. The molecule has 0 radical (unpaired) electrons. The minimum atomic E-state index is -0.583. The van der Waals surface area contributed by atoms with Gasteiger partial charge in [-0.3, -0.25) is 14.9 Å². The van der Waals surface area contributed by atoms with Crippen LogP contribution >= 0.6 is 22.9 Å². The Kier molecular flexibility index (Phi) is 5.40. The lowest BCUT2D eigenvalue weighted by Crippen LogP contribution is -2.25. The average molecular weight is 390 g/mol. The molecular formula is C16H12ClN5O3S. The molecular weight excluding hydrogens is 378 g/mol. The van der Waals surface area contributed by atoms with Crippen molar-refractivity contribution in [1.29, 1.82) is 0 Å². The molecule has 0 fully saturated rings. The smallest absolute Gasteiger partial charge is 0.288 e. The number of aromatic nitrogens is 1. The summed E-state index contributed by atoms with van der Waals surface area (Å²) >= 11 is 7.18. The summed E-state index contributed by atoms with van der Waals surface area (Å²) < 4.78 is 1.03. The van der Waals surface area contributed by atoms with Gasteiger partial charge in [0.05, 0.1) is 27.9 Å². The van der Waals surface area contributed by atoms with Gasteiger partial charge in [-0.2, -0.15) is 5.10 Å². The molecule has 1 amide bonds. The van der Waals surface area contributed by atoms with E-state index in [1.165, 1.54) is 29.7 Å². The Morgan fingerprint density at radius 3 is 2.92 bits per heavy atom. The Balaban J connectivity index is 1.54. The zero-order valence-corrected chi connectivity index (χ0v) is 14.8. The van der Waals surface area contributed by atoms with Gasteiger partial charge in [0, 0.05) is 11.6 Å². The van der Waals surface area contributed by atoms with Crippen LogP contribution in [0, 0.1) is 10.1 Å². The van der Waals surface area contributed by atoms with Crippen molar-refractivity contribution in [2.75, 3.05) is 11.9 Å². The second-order valence-corrected chi connectivity index (χ2v) is 6.54. The topological polar surface area (TPSA) is 110 Å². The monoisotopic (exact) mass is 389 g/mol. The summed E-state index contributed by atoms with van der Waals surface area (Å²) in [7, 11) is 0. The molecule has 0 aliphatic heterocycles. The van der Waals surface area contributed by atoms with E-state index in [1.54, 1.807) is 6.07 Å². The number of para-hydroxylation sites is 1. The molecule has 0 saturated carbocycles. The maximum Gasteiger partial charge on any atom is 0.288 e. The highest BCUT2D eigenvalue weighted by Crippen LogP contribution is 2.25. The van der Waals surface area contributed by atoms with Gasteiger partial charge in [0.15, 0.2) is 5.13 Å². The van der Waals surface area contributed by atoms with E-state index in [-0.39, 0.29) is 23.2 Å². The zero-order valence-electron chi connectivity index (χ0n) is 13.2. The molecule has 0 aliphatic rings. The van der Waals surface area contributed by atoms with Crippen LogP contribution in [0.2, 0.25) is 5.02 Å². The molecule has 3 rings (SSSR count). The molecule has 0 saturated heterocycles. The summed E-state index contributed by atoms with van der Waals surface area (Å²) in [6.07, 6.45) is 1.30. The van der Waals surface area contributed by atoms with Gasteiger partial charge in [-0.15, -0.1) is 0 Å². The zero-order chi connectivity index (χ0) is 18.5. The largest absolute Gasteiger partial charge is 0.352 e. The maximum atomic E-state index is 11.8. The number of thiazole rings is 1. The molecule has 1 heterocycles. The van der Waals surface area contributed by atoms with Gasteiger partial charge >= 0.3 is 0 Å². The molecule has 0 spiro atoms. The molecule has 0 aliphatic carbocycles. The number of nitrogens with one attached hydrogen (secondary N) is 2. The Labute approximate surface area is 156 Å². The van der Waals surface area contributed by atoms with Crippen LogP contribution in [0.3, 0.4) is 0 Å². The van der Waals surface area contributed by atoms with Gasteiger partial charge in [0.25, 0.3) is 11.6 Å². The van der Waals surface area contributed by atoms with Gasteiger partial charge in [-0.25, -0.2) is 10.4 Å². The summed E-state index contributed by atoms with van der Waals surface area (Å²) in [5.74, 6) is -0.371. The number of halogens is 1. The number of benzene rings is 2. The van der Waals surface area contributed by atoms with Crippen LogP contribution in [0.4, 0.5) is 10.8 Å². The van der Waals surface area contributed by atoms with Gasteiger partial charge in [0.2, 0.25) is 0 Å². The van der Waals surface area contributed by atoms with E-state index in [0.717, 1.165) is 10.2 Å². The number of nitrogens with zero attached hydrogens (tertiary/aromatic N) is 3. The highest BCUT2D eigenvalue weighted by atomic mass is 35.5. The van der Waals surface area contributed by atoms with Gasteiger partial charge in [0.1, 0.15) is 5.02 Å². The highest BCUT2D eigenvalue weighted by Gasteiger charge is 2.12. The van der Waals surface area contributed by atoms with Crippen LogP contribution in [0.25, 0.3) is 10.2 Å². The number of nitro groups is 1. The van der Waals surface area contributed by atoms with Gasteiger partial charge in [-0.05, 0) is 18.2 Å². The number of carbonyl (C=O) groups is 1. The summed E-state index contributed by atoms with van der Waals surface area (Å²) in [6, 6.07) is 11.9. The van der Waals surface area contributed by atoms with Crippen LogP contribution in [0.1, 0.15) is 5.56 Å². The lowest BCUT2D eigenvalue weighted by atomic mass is 10.2. The van der Waals surface area contributed by atoms with Crippen molar-refractivity contribution in [2.45, 2.75) is 0 Å². The Morgan fingerprint density at radius 2 is 2.15 bits per heavy atom. The number of hydrogen-bond donors (Lipinski definition) is 2. The van der Waals surface area contributed by atoms with Gasteiger partial charge in [-0.1, -0.05) is 41.1 Å². The van der Waals surface area contributed by atoms with Crippen molar-refractivity contribution in [2.24, 2.45) is 5.10 Å². The Hall–Kier alpha value is -3.04. The number of rotatable bonds is 6. The van der Waals surface area contributed by atoms with Crippen molar-refractivity contribution >= 4 is 56.1 Å². The van der Waals surface area contributed by atoms with E-state index in [2.05, 4.69) is 20.8 Å². The summed E-state index contributed by atoms with van der Waals surface area (Å²) in [6.45, 7) is -0.00206. The minimum Gasteiger partial charge on any atom is -0.352 e. The summed E-state index contributed by atoms with van der Waals surface area (Å²) in [4.78, 5) is 26.4. The van der Waals surface area contributed by atoms with Crippen LogP contribution < -0.4 is 10.7 Å². The molecule has 26 heavy (non-hydrogen) atoms. The number of hydrogen-bond acceptors (Lipinski definition) is 7. The fraction of sp³-hybridized carbons (Fsp3) is 0.0625. The molecule has 10 heteroatoms. The summed E-state index contributed by atoms with van der Waals surface area (Å²) in [5, 5.41) is 18.2. The number of fused-ring (bicyclic) bond motifs is 1. The molecule has 0 atom stereocenters. The molecule has 132 valence electrons. The van der Waals surface area contributed by atoms with E-state index >= 15 is 0 Å². The number of hydrazone groups is 1. The molecule has 8 nitrogen and oxygen atoms in total. The first kappa shape index (κ1) is 17.8. The van der Waals surface area contributed by atoms with Crippen molar-refractivity contribution in [3.63, 3.8) is 0 Å². The standard InChI is InChI=1S/C16H12ClN5O3S/c17-11-6-5-10(7-13(11)22(24)25)8-19-21-15(23)9-18-16-20-12-3-1-2-4-14(12)26-16/h1-8H,9H2,(H,18,20)(H,21,23)/b19-8-. The van der Waals surface area contributed by atoms with Crippen molar-refractivity contribution < 1.29 is 9.72 Å². The molecule has 0 unspecified atom stereocenters. The predicted molar refractivity (Wildman–Crippen MR) is 102 cm³/mol. The van der Waals surface area contributed by atoms with E-state index < -0.39 is 4.92 Å². The van der Waals surface area contributed by atoms with Crippen molar-refractivity contribution in [3.8, 4) is 0 Å². The molecule has 3 aromatic rings. The number of carbonyl (C=O) groups excluding carboxylic acids is 1. The molecule has 2 aromatic carbocycles. The van der Waals surface area contributed by atoms with Crippen LogP contribution in [-0.2, 0) is 4.79 Å². The van der Waals surface area contributed by atoms with Gasteiger partial charge < -0.3 is 5.32 Å². The lowest BCUT2D eigenvalue weighted by Gasteiger charge is -2.01. The predicted octanol–water partition coefficient (Wildman–Crippen LogP) is 3.42. The van der Waals surface area contributed by atoms with E-state index in [1.807, 2.05) is 24.3 Å². The van der Waals surface area contributed by atoms with Crippen molar-refractivity contribution in [1.82, 2.24) is 10.4 Å². The average Bonchev–Trinajstić information content (AvgIpc) is 3.04. The van der Waals surface area contributed by atoms with Crippen molar-refractivity contribution in [3.05, 3.63) is 63.2 Å². The normalized spacial score (nSPS) is 11.0.